The van der Waals surface area contributed by atoms with Crippen molar-refractivity contribution in [3.8, 4) is 11.4 Å². The van der Waals surface area contributed by atoms with Gasteiger partial charge in [0.2, 0.25) is 0 Å². The Labute approximate surface area is 138 Å². The summed E-state index contributed by atoms with van der Waals surface area (Å²) in [5.74, 6) is 1.71. The molecule has 0 bridgehead atoms. The maximum atomic E-state index is 4.40. The number of hydrogen-bond acceptors (Lipinski definition) is 6. The van der Waals surface area contributed by atoms with E-state index in [0.717, 1.165) is 39.7 Å². The average molecular weight is 331 g/mol. The number of hydrogen-bond donors (Lipinski definition) is 0. The Morgan fingerprint density at radius 2 is 2.09 bits per heavy atom. The molecule has 0 aliphatic rings. The summed E-state index contributed by atoms with van der Waals surface area (Å²) in [5.41, 5.74) is 2.32. The second kappa shape index (κ2) is 6.58. The minimum absolute atomic E-state index is 0.799. The summed E-state index contributed by atoms with van der Waals surface area (Å²) in [6.45, 7) is 7.03. The maximum absolute atomic E-state index is 4.40. The zero-order valence-corrected chi connectivity index (χ0v) is 14.4. The molecule has 0 atom stereocenters. The quantitative estimate of drug-likeness (QED) is 0.708. The predicted octanol–water partition coefficient (Wildman–Crippen LogP) is 3.97. The van der Waals surface area contributed by atoms with Gasteiger partial charge < -0.3 is 4.57 Å². The number of rotatable bonds is 5. The largest absolute Gasteiger partial charge is 0.302 e. The van der Waals surface area contributed by atoms with Crippen molar-refractivity contribution in [2.24, 2.45) is 0 Å². The Balaban J connectivity index is 1.98. The molecule has 0 unspecified atom stereocenters. The van der Waals surface area contributed by atoms with Crippen LogP contribution in [0.4, 0.5) is 0 Å². The smallest absolute Gasteiger partial charge is 0.198 e. The van der Waals surface area contributed by atoms with Gasteiger partial charge in [0.25, 0.3) is 0 Å². The molecule has 3 aromatic rings. The second-order valence-corrected chi connectivity index (χ2v) is 7.00. The molecule has 114 valence electrons. The first-order valence-corrected chi connectivity index (χ1v) is 8.74. The molecule has 0 saturated carbocycles. The zero-order chi connectivity index (χ0) is 15.5. The molecule has 3 rings (SSSR count). The Kier molecular flexibility index (Phi) is 4.54. The first-order valence-electron chi connectivity index (χ1n) is 7.15. The fraction of sp³-hybridized carbons (Fsp3) is 0.333. The molecule has 5 nitrogen and oxygen atoms in total. The number of aryl methyl sites for hydroxylation is 2. The Morgan fingerprint density at radius 1 is 1.23 bits per heavy atom. The monoisotopic (exact) mass is 331 g/mol. The van der Waals surface area contributed by atoms with Gasteiger partial charge in [0.05, 0.1) is 0 Å². The molecule has 2 aromatic heterocycles. The third-order valence-electron chi connectivity index (χ3n) is 3.13. The number of benzene rings is 1. The Hall–Kier alpha value is -1.73. The third-order valence-corrected chi connectivity index (χ3v) is 4.95. The van der Waals surface area contributed by atoms with E-state index < -0.39 is 0 Å². The highest BCUT2D eigenvalue weighted by Crippen LogP contribution is 2.30. The number of aromatic nitrogens is 5. The standard InChI is InChI=1S/C15H17N5S2/c1-4-8-20-13(12-7-5-6-10(2)9-12)17-18-14(20)21-15-16-11(3)19-22-15/h5-7,9H,4,8H2,1-3H3. The van der Waals surface area contributed by atoms with Gasteiger partial charge in [0.15, 0.2) is 15.3 Å². The van der Waals surface area contributed by atoms with E-state index >= 15 is 0 Å². The van der Waals surface area contributed by atoms with E-state index in [1.807, 2.05) is 6.92 Å². The number of nitrogens with zero attached hydrogens (tertiary/aromatic N) is 5. The maximum Gasteiger partial charge on any atom is 0.198 e. The molecule has 0 aliphatic heterocycles. The molecule has 0 amide bonds. The van der Waals surface area contributed by atoms with Crippen molar-refractivity contribution < 1.29 is 0 Å². The summed E-state index contributed by atoms with van der Waals surface area (Å²) in [6.07, 6.45) is 1.03. The average Bonchev–Trinajstić information content (AvgIpc) is 3.07. The van der Waals surface area contributed by atoms with Crippen molar-refractivity contribution >= 4 is 23.3 Å². The van der Waals surface area contributed by atoms with Crippen LogP contribution in [-0.2, 0) is 6.54 Å². The van der Waals surface area contributed by atoms with Gasteiger partial charge in [-0.2, -0.15) is 4.37 Å². The van der Waals surface area contributed by atoms with Crippen LogP contribution < -0.4 is 0 Å². The van der Waals surface area contributed by atoms with Crippen molar-refractivity contribution in [3.05, 3.63) is 35.7 Å². The summed E-state index contributed by atoms with van der Waals surface area (Å²) in [5, 5.41) is 9.63. The van der Waals surface area contributed by atoms with Crippen LogP contribution >= 0.6 is 23.3 Å². The van der Waals surface area contributed by atoms with Crippen LogP contribution in [-0.4, -0.2) is 24.1 Å². The molecule has 0 radical (unpaired) electrons. The minimum atomic E-state index is 0.799. The SMILES string of the molecule is CCCn1c(Sc2nc(C)ns2)nnc1-c1cccc(C)c1. The Bertz CT molecular complexity index is 778. The van der Waals surface area contributed by atoms with Crippen LogP contribution in [0.25, 0.3) is 11.4 Å². The van der Waals surface area contributed by atoms with Crippen LogP contribution in [0.15, 0.2) is 33.8 Å². The van der Waals surface area contributed by atoms with Crippen LogP contribution in [0.1, 0.15) is 24.7 Å². The lowest BCUT2D eigenvalue weighted by molar-refractivity contribution is 0.626. The fourth-order valence-corrected chi connectivity index (χ4v) is 3.80. The molecule has 0 fully saturated rings. The zero-order valence-electron chi connectivity index (χ0n) is 12.8. The highest BCUT2D eigenvalue weighted by Gasteiger charge is 2.16. The highest BCUT2D eigenvalue weighted by molar-refractivity contribution is 8.00. The van der Waals surface area contributed by atoms with Crippen molar-refractivity contribution in [3.63, 3.8) is 0 Å². The molecule has 0 N–H and O–H groups in total. The lowest BCUT2D eigenvalue weighted by Crippen LogP contribution is -2.01. The molecule has 0 spiro atoms. The van der Waals surface area contributed by atoms with Gasteiger partial charge in [-0.25, -0.2) is 4.98 Å². The molecule has 1 aromatic carbocycles. The van der Waals surface area contributed by atoms with E-state index in [0.29, 0.717) is 0 Å². The van der Waals surface area contributed by atoms with Crippen molar-refractivity contribution in [2.75, 3.05) is 0 Å². The van der Waals surface area contributed by atoms with Gasteiger partial charge in [0, 0.05) is 12.1 Å². The predicted molar refractivity (Wildman–Crippen MR) is 89.3 cm³/mol. The van der Waals surface area contributed by atoms with Crippen LogP contribution in [0, 0.1) is 13.8 Å². The molecular formula is C15H17N5S2. The lowest BCUT2D eigenvalue weighted by Gasteiger charge is -2.08. The van der Waals surface area contributed by atoms with Gasteiger partial charge in [-0.05, 0) is 49.6 Å². The summed E-state index contributed by atoms with van der Waals surface area (Å²) in [7, 11) is 0. The van der Waals surface area contributed by atoms with Crippen molar-refractivity contribution in [1.82, 2.24) is 24.1 Å². The van der Waals surface area contributed by atoms with Gasteiger partial charge in [0.1, 0.15) is 5.82 Å². The summed E-state index contributed by atoms with van der Waals surface area (Å²) >= 11 is 2.93. The van der Waals surface area contributed by atoms with Gasteiger partial charge >= 0.3 is 0 Å². The topological polar surface area (TPSA) is 56.5 Å². The van der Waals surface area contributed by atoms with Gasteiger partial charge in [-0.3, -0.25) is 0 Å². The Morgan fingerprint density at radius 3 is 2.77 bits per heavy atom. The summed E-state index contributed by atoms with van der Waals surface area (Å²) in [4.78, 5) is 4.39. The van der Waals surface area contributed by atoms with Crippen molar-refractivity contribution in [1.29, 1.82) is 0 Å². The second-order valence-electron chi connectivity index (χ2n) is 5.04. The van der Waals surface area contributed by atoms with Crippen LogP contribution in [0.5, 0.6) is 0 Å². The molecular weight excluding hydrogens is 314 g/mol. The molecule has 7 heteroatoms. The van der Waals surface area contributed by atoms with Gasteiger partial charge in [-0.15, -0.1) is 10.2 Å². The first kappa shape index (κ1) is 15.2. The summed E-state index contributed by atoms with van der Waals surface area (Å²) < 4.78 is 7.28. The van der Waals surface area contributed by atoms with E-state index in [2.05, 4.69) is 62.2 Å². The third kappa shape index (κ3) is 3.20. The van der Waals surface area contributed by atoms with E-state index in [-0.39, 0.29) is 0 Å². The fourth-order valence-electron chi connectivity index (χ4n) is 2.18. The van der Waals surface area contributed by atoms with Crippen molar-refractivity contribution in [2.45, 2.75) is 43.2 Å². The lowest BCUT2D eigenvalue weighted by atomic mass is 10.1. The normalized spacial score (nSPS) is 11.0. The minimum Gasteiger partial charge on any atom is -0.302 e. The first-order chi connectivity index (χ1) is 10.7. The molecule has 22 heavy (non-hydrogen) atoms. The van der Waals surface area contributed by atoms with Crippen LogP contribution in [0.2, 0.25) is 0 Å². The van der Waals surface area contributed by atoms with E-state index in [1.165, 1.54) is 28.9 Å². The van der Waals surface area contributed by atoms with E-state index in [1.54, 1.807) is 0 Å². The molecule has 0 saturated heterocycles. The van der Waals surface area contributed by atoms with E-state index in [4.69, 9.17) is 0 Å². The molecule has 2 heterocycles. The van der Waals surface area contributed by atoms with Crippen LogP contribution in [0.3, 0.4) is 0 Å². The highest BCUT2D eigenvalue weighted by atomic mass is 32.2. The van der Waals surface area contributed by atoms with Gasteiger partial charge in [-0.1, -0.05) is 30.7 Å². The van der Waals surface area contributed by atoms with E-state index in [9.17, 15) is 0 Å². The summed E-state index contributed by atoms with van der Waals surface area (Å²) in [6, 6.07) is 8.35. The molecule has 0 aliphatic carbocycles.